The number of nitriles is 1. The summed E-state index contributed by atoms with van der Waals surface area (Å²) in [5, 5.41) is 27.1. The fourth-order valence-corrected chi connectivity index (χ4v) is 4.41. The maximum Gasteiger partial charge on any atom is 0.256 e. The molecule has 2 heterocycles. The Labute approximate surface area is 214 Å². The van der Waals surface area contributed by atoms with Crippen LogP contribution >= 0.6 is 0 Å². The molecule has 0 spiro atoms. The van der Waals surface area contributed by atoms with Gasteiger partial charge in [-0.3, -0.25) is 9.48 Å². The zero-order valence-corrected chi connectivity index (χ0v) is 20.6. The highest BCUT2D eigenvalue weighted by Gasteiger charge is 2.19. The van der Waals surface area contributed by atoms with Gasteiger partial charge in [-0.2, -0.15) is 10.4 Å². The highest BCUT2D eigenvalue weighted by atomic mass is 16.3. The zero-order valence-electron chi connectivity index (χ0n) is 20.6. The highest BCUT2D eigenvalue weighted by Crippen LogP contribution is 2.28. The van der Waals surface area contributed by atoms with Crippen molar-refractivity contribution in [1.29, 1.82) is 5.26 Å². The Morgan fingerprint density at radius 3 is 2.54 bits per heavy atom. The van der Waals surface area contributed by atoms with Gasteiger partial charge in [0.1, 0.15) is 0 Å². The molecule has 0 bridgehead atoms. The van der Waals surface area contributed by atoms with E-state index in [0.717, 1.165) is 27.8 Å². The average Bonchev–Trinajstić information content (AvgIpc) is 3.19. The summed E-state index contributed by atoms with van der Waals surface area (Å²) in [7, 11) is 0. The first-order valence-electron chi connectivity index (χ1n) is 11.9. The van der Waals surface area contributed by atoms with Crippen LogP contribution in [0.1, 0.15) is 38.4 Å². The van der Waals surface area contributed by atoms with Gasteiger partial charge in [0.2, 0.25) is 0 Å². The largest absolute Gasteiger partial charge is 0.392 e. The maximum absolute atomic E-state index is 13.6. The minimum atomic E-state index is -0.248. The summed E-state index contributed by atoms with van der Waals surface area (Å²) in [6.45, 7) is 4.25. The van der Waals surface area contributed by atoms with Gasteiger partial charge in [0, 0.05) is 10.9 Å². The van der Waals surface area contributed by atoms with Gasteiger partial charge in [0.15, 0.2) is 0 Å². The summed E-state index contributed by atoms with van der Waals surface area (Å²) in [6, 6.07) is 26.4. The van der Waals surface area contributed by atoms with Gasteiger partial charge in [-0.1, -0.05) is 48.5 Å². The van der Waals surface area contributed by atoms with Gasteiger partial charge < -0.3 is 10.4 Å². The number of rotatable bonds is 6. The van der Waals surface area contributed by atoms with Gasteiger partial charge in [-0.25, -0.2) is 4.98 Å². The van der Waals surface area contributed by atoms with E-state index in [4.69, 9.17) is 10.2 Å². The molecule has 0 aliphatic carbocycles. The lowest BCUT2D eigenvalue weighted by Crippen LogP contribution is -2.14. The van der Waals surface area contributed by atoms with Crippen molar-refractivity contribution in [3.05, 3.63) is 113 Å². The fourth-order valence-electron chi connectivity index (χ4n) is 4.41. The first kappa shape index (κ1) is 23.9. The van der Waals surface area contributed by atoms with Crippen LogP contribution < -0.4 is 5.32 Å². The van der Waals surface area contributed by atoms with E-state index in [0.29, 0.717) is 40.3 Å². The number of fused-ring (bicyclic) bond motifs is 1. The summed E-state index contributed by atoms with van der Waals surface area (Å²) in [4.78, 5) is 18.4. The number of aryl methyl sites for hydroxylation is 1. The number of anilines is 1. The van der Waals surface area contributed by atoms with Gasteiger partial charge in [-0.05, 0) is 55.3 Å². The third kappa shape index (κ3) is 4.83. The van der Waals surface area contributed by atoms with Crippen molar-refractivity contribution in [2.45, 2.75) is 27.0 Å². The Kier molecular flexibility index (Phi) is 6.50. The molecule has 5 aromatic rings. The second-order valence-electron chi connectivity index (χ2n) is 8.90. The van der Waals surface area contributed by atoms with E-state index in [9.17, 15) is 9.90 Å². The molecule has 5 rings (SSSR count). The molecule has 0 radical (unpaired) electrons. The Morgan fingerprint density at radius 1 is 1.00 bits per heavy atom. The predicted molar refractivity (Wildman–Crippen MR) is 143 cm³/mol. The van der Waals surface area contributed by atoms with Gasteiger partial charge in [0.05, 0.1) is 58.6 Å². The number of para-hydroxylation sites is 1. The Bertz CT molecular complexity index is 1660. The lowest BCUT2D eigenvalue weighted by atomic mass is 10.0. The molecule has 2 aromatic heterocycles. The molecule has 0 fully saturated rings. The van der Waals surface area contributed by atoms with Crippen LogP contribution in [0.4, 0.5) is 5.69 Å². The lowest BCUT2D eigenvalue weighted by Gasteiger charge is -2.12. The quantitative estimate of drug-likeness (QED) is 0.335. The first-order chi connectivity index (χ1) is 18.0. The molecule has 0 aliphatic rings. The summed E-state index contributed by atoms with van der Waals surface area (Å²) < 4.78 is 1.85. The van der Waals surface area contributed by atoms with Crippen LogP contribution in [0.25, 0.3) is 22.2 Å². The second-order valence-corrected chi connectivity index (χ2v) is 8.90. The third-order valence-electron chi connectivity index (χ3n) is 6.40. The minimum Gasteiger partial charge on any atom is -0.392 e. The summed E-state index contributed by atoms with van der Waals surface area (Å²) in [5.41, 5.74) is 7.33. The minimum absolute atomic E-state index is 0.0697. The topological polar surface area (TPSA) is 104 Å². The monoisotopic (exact) mass is 487 g/mol. The molecule has 0 saturated carbocycles. The van der Waals surface area contributed by atoms with E-state index in [1.54, 1.807) is 18.2 Å². The van der Waals surface area contributed by atoms with Crippen LogP contribution in [0.15, 0.2) is 78.9 Å². The predicted octanol–water partition coefficient (Wildman–Crippen LogP) is 5.38. The molecule has 3 aromatic carbocycles. The number of hydrogen-bond acceptors (Lipinski definition) is 5. The molecule has 0 atom stereocenters. The molecule has 182 valence electrons. The number of aromatic nitrogens is 3. The van der Waals surface area contributed by atoms with Crippen LogP contribution in [0.5, 0.6) is 0 Å². The summed E-state index contributed by atoms with van der Waals surface area (Å²) in [6.07, 6.45) is 0. The Morgan fingerprint density at radius 2 is 1.78 bits per heavy atom. The molecular formula is C30H25N5O2. The van der Waals surface area contributed by atoms with E-state index >= 15 is 0 Å². The molecule has 7 nitrogen and oxygen atoms in total. The van der Waals surface area contributed by atoms with Crippen molar-refractivity contribution < 1.29 is 9.90 Å². The number of nitrogens with one attached hydrogen (secondary N) is 1. The SMILES string of the molecule is Cc1nn(Cc2ccc(C#N)cc2)c(C)c1NC(=O)c1cc(-c2cccc(CO)c2)nc2ccccc12. The third-order valence-corrected chi connectivity index (χ3v) is 6.40. The number of carbonyl (C=O) groups excluding carboxylic acids is 1. The lowest BCUT2D eigenvalue weighted by molar-refractivity contribution is 0.102. The number of carbonyl (C=O) groups is 1. The maximum atomic E-state index is 13.6. The van der Waals surface area contributed by atoms with Gasteiger partial charge >= 0.3 is 0 Å². The van der Waals surface area contributed by atoms with Gasteiger partial charge in [0.25, 0.3) is 5.91 Å². The highest BCUT2D eigenvalue weighted by molar-refractivity contribution is 6.13. The smallest absolute Gasteiger partial charge is 0.256 e. The van der Waals surface area contributed by atoms with E-state index in [-0.39, 0.29) is 12.5 Å². The van der Waals surface area contributed by atoms with Crippen LogP contribution in [-0.2, 0) is 13.2 Å². The standard InChI is InChI=1S/C30H25N5O2/c1-19-29(20(2)35(34-19)17-22-12-10-21(16-31)11-13-22)33-30(37)26-15-28(24-7-5-6-23(14-24)18-36)32-27-9-4-3-8-25(26)27/h3-15,36H,17-18H2,1-2H3,(H,33,37). The van der Waals surface area contributed by atoms with Crippen molar-refractivity contribution in [2.75, 3.05) is 5.32 Å². The van der Waals surface area contributed by atoms with Gasteiger partial charge in [-0.15, -0.1) is 0 Å². The van der Waals surface area contributed by atoms with Crippen LogP contribution in [0.3, 0.4) is 0 Å². The second kappa shape index (κ2) is 10.1. The van der Waals surface area contributed by atoms with Crippen LogP contribution in [-0.4, -0.2) is 25.8 Å². The molecule has 1 amide bonds. The summed E-state index contributed by atoms with van der Waals surface area (Å²) >= 11 is 0. The molecule has 0 aliphatic heterocycles. The number of pyridine rings is 1. The van der Waals surface area contributed by atoms with E-state index in [2.05, 4.69) is 16.5 Å². The van der Waals surface area contributed by atoms with Crippen molar-refractivity contribution in [1.82, 2.24) is 14.8 Å². The van der Waals surface area contributed by atoms with Crippen LogP contribution in [0, 0.1) is 25.2 Å². The number of amides is 1. The average molecular weight is 488 g/mol. The molecule has 2 N–H and O–H groups in total. The molecular weight excluding hydrogens is 462 g/mol. The normalized spacial score (nSPS) is 10.9. The zero-order chi connectivity index (χ0) is 25.9. The molecule has 0 saturated heterocycles. The molecule has 0 unspecified atom stereocenters. The van der Waals surface area contributed by atoms with E-state index < -0.39 is 0 Å². The fraction of sp³-hybridized carbons (Fsp3) is 0.133. The molecule has 7 heteroatoms. The Hall–Kier alpha value is -4.80. The number of hydrogen-bond donors (Lipinski definition) is 2. The Balaban J connectivity index is 1.49. The molecule has 37 heavy (non-hydrogen) atoms. The number of benzene rings is 3. The van der Waals surface area contributed by atoms with Crippen molar-refractivity contribution in [3.63, 3.8) is 0 Å². The van der Waals surface area contributed by atoms with Crippen molar-refractivity contribution >= 4 is 22.5 Å². The van der Waals surface area contributed by atoms with Crippen molar-refractivity contribution in [3.8, 4) is 17.3 Å². The summed E-state index contributed by atoms with van der Waals surface area (Å²) in [5.74, 6) is -0.248. The number of aliphatic hydroxyl groups is 1. The van der Waals surface area contributed by atoms with E-state index in [1.807, 2.05) is 79.2 Å². The van der Waals surface area contributed by atoms with Crippen molar-refractivity contribution in [2.24, 2.45) is 0 Å². The number of nitrogens with zero attached hydrogens (tertiary/aromatic N) is 4. The first-order valence-corrected chi connectivity index (χ1v) is 11.9. The number of aliphatic hydroxyl groups excluding tert-OH is 1. The van der Waals surface area contributed by atoms with Crippen LogP contribution in [0.2, 0.25) is 0 Å². The van der Waals surface area contributed by atoms with E-state index in [1.165, 1.54) is 0 Å².